The molecule has 1 aliphatic heterocycles. The fourth-order valence-electron chi connectivity index (χ4n) is 4.81. The van der Waals surface area contributed by atoms with E-state index in [1.54, 1.807) is 6.21 Å². The Kier molecular flexibility index (Phi) is 7.78. The Labute approximate surface area is 228 Å². The second-order valence-electron chi connectivity index (χ2n) is 12.2. The molecular weight excluding hydrogens is 498 g/mol. The number of likely N-dealkylation sites (tertiary alicyclic amines) is 1. The zero-order valence-corrected chi connectivity index (χ0v) is 23.8. The smallest absolute Gasteiger partial charge is 0.293 e. The molecule has 0 saturated carbocycles. The fourth-order valence-corrected chi connectivity index (χ4v) is 4.81. The minimum atomic E-state index is -0.516. The number of nitrogens with zero attached hydrogens (tertiary/aromatic N) is 7. The van der Waals surface area contributed by atoms with E-state index in [0.717, 1.165) is 36.1 Å². The number of anilines is 1. The number of carbonyl (C=O) groups excluding carboxylic acids is 1. The van der Waals surface area contributed by atoms with Gasteiger partial charge in [-0.15, -0.1) is 5.10 Å². The lowest BCUT2D eigenvalue weighted by molar-refractivity contribution is 0.0945. The van der Waals surface area contributed by atoms with E-state index in [2.05, 4.69) is 43.0 Å². The van der Waals surface area contributed by atoms with Crippen molar-refractivity contribution in [3.05, 3.63) is 40.2 Å². The molecule has 1 saturated heterocycles. The summed E-state index contributed by atoms with van der Waals surface area (Å²) in [7, 11) is 0. The summed E-state index contributed by atoms with van der Waals surface area (Å²) >= 11 is 0. The maximum Gasteiger partial charge on any atom is 0.293 e. The van der Waals surface area contributed by atoms with Crippen molar-refractivity contribution in [1.82, 2.24) is 35.6 Å². The Morgan fingerprint density at radius 3 is 2.41 bits per heavy atom. The molecule has 3 heterocycles. The van der Waals surface area contributed by atoms with Crippen LogP contribution in [0.1, 0.15) is 101 Å². The number of phenolic OH excluding ortho intramolecular Hbond substituents is 1. The quantitative estimate of drug-likeness (QED) is 0.315. The van der Waals surface area contributed by atoms with Crippen LogP contribution in [-0.2, 0) is 17.4 Å². The van der Waals surface area contributed by atoms with Gasteiger partial charge >= 0.3 is 0 Å². The van der Waals surface area contributed by atoms with Gasteiger partial charge in [0.15, 0.2) is 5.69 Å². The predicted molar refractivity (Wildman–Crippen MR) is 148 cm³/mol. The molecule has 4 rings (SSSR count). The van der Waals surface area contributed by atoms with E-state index in [4.69, 9.17) is 10.4 Å². The molecule has 1 amide bonds. The lowest BCUT2D eigenvalue weighted by Gasteiger charge is -2.33. The first-order valence-corrected chi connectivity index (χ1v) is 13.3. The average Bonchev–Trinajstić information content (AvgIpc) is 3.45. The van der Waals surface area contributed by atoms with Gasteiger partial charge in [-0.2, -0.15) is 9.78 Å². The molecule has 2 aromatic heterocycles. The molecule has 1 unspecified atom stereocenters. The topological polar surface area (TPSA) is 161 Å². The monoisotopic (exact) mass is 537 g/mol. The van der Waals surface area contributed by atoms with Gasteiger partial charge < -0.3 is 10.8 Å². The second kappa shape index (κ2) is 10.8. The Morgan fingerprint density at radius 2 is 1.85 bits per heavy atom. The van der Waals surface area contributed by atoms with Crippen LogP contribution in [-0.4, -0.2) is 60.0 Å². The van der Waals surface area contributed by atoms with Crippen LogP contribution in [0.25, 0.3) is 5.82 Å². The van der Waals surface area contributed by atoms with Crippen LogP contribution in [0.5, 0.6) is 5.75 Å². The summed E-state index contributed by atoms with van der Waals surface area (Å²) in [4.78, 5) is 15.5. The average molecular weight is 538 g/mol. The molecule has 1 atom stereocenters. The molecule has 12 nitrogen and oxygen atoms in total. The van der Waals surface area contributed by atoms with Crippen molar-refractivity contribution in [3.8, 4) is 11.6 Å². The molecule has 0 bridgehead atoms. The number of aromatic hydroxyl groups is 1. The number of hydrogen-bond acceptors (Lipinski definition) is 10. The molecule has 0 spiro atoms. The van der Waals surface area contributed by atoms with Gasteiger partial charge in [-0.05, 0) is 65.1 Å². The first-order chi connectivity index (χ1) is 18.3. The van der Waals surface area contributed by atoms with Crippen LogP contribution in [0.3, 0.4) is 0 Å². The van der Waals surface area contributed by atoms with Gasteiger partial charge in [0.1, 0.15) is 5.75 Å². The third-order valence-corrected chi connectivity index (χ3v) is 7.10. The van der Waals surface area contributed by atoms with Gasteiger partial charge in [0, 0.05) is 23.7 Å². The summed E-state index contributed by atoms with van der Waals surface area (Å²) in [6.07, 6.45) is 4.88. The third kappa shape index (κ3) is 6.11. The number of hydrogen-bond donors (Lipinski definition) is 3. The van der Waals surface area contributed by atoms with Crippen molar-refractivity contribution in [2.45, 2.75) is 91.1 Å². The SMILES string of the molecule is CC1CCCCN1Cc1c(C(=O)N/N=C/c2cc(C(C)(C)C)c(O)c(C(C)(C)C)c2)nnn1-c1nonc1N. The highest BCUT2D eigenvalue weighted by Crippen LogP contribution is 2.39. The molecule has 4 N–H and O–H groups in total. The first-order valence-electron chi connectivity index (χ1n) is 13.3. The fraction of sp³-hybridized carbons (Fsp3) is 0.556. The molecule has 1 aromatic carbocycles. The van der Waals surface area contributed by atoms with E-state index in [9.17, 15) is 9.90 Å². The van der Waals surface area contributed by atoms with E-state index in [-0.39, 0.29) is 33.9 Å². The third-order valence-electron chi connectivity index (χ3n) is 7.10. The number of carbonyl (C=O) groups is 1. The number of phenols is 1. The molecule has 0 aliphatic carbocycles. The molecule has 0 radical (unpaired) electrons. The van der Waals surface area contributed by atoms with Gasteiger partial charge in [-0.3, -0.25) is 9.69 Å². The van der Waals surface area contributed by atoms with E-state index >= 15 is 0 Å². The Balaban J connectivity index is 1.63. The lowest BCUT2D eigenvalue weighted by atomic mass is 9.78. The molecule has 3 aromatic rings. The maximum absolute atomic E-state index is 13.3. The summed E-state index contributed by atoms with van der Waals surface area (Å²) in [5.74, 6) is -0.00302. The van der Waals surface area contributed by atoms with Gasteiger partial charge in [0.05, 0.1) is 11.9 Å². The van der Waals surface area contributed by atoms with Crippen LogP contribution in [0, 0.1) is 0 Å². The number of nitrogens with two attached hydrogens (primary N) is 1. The van der Waals surface area contributed by atoms with E-state index < -0.39 is 5.91 Å². The molecule has 12 heteroatoms. The number of aromatic nitrogens is 5. The molecule has 39 heavy (non-hydrogen) atoms. The van der Waals surface area contributed by atoms with Crippen molar-refractivity contribution in [2.75, 3.05) is 12.3 Å². The highest BCUT2D eigenvalue weighted by molar-refractivity contribution is 5.94. The van der Waals surface area contributed by atoms with Crippen molar-refractivity contribution < 1.29 is 14.5 Å². The summed E-state index contributed by atoms with van der Waals surface area (Å²) in [5, 5.41) is 30.9. The number of amides is 1. The van der Waals surface area contributed by atoms with Crippen molar-refractivity contribution in [1.29, 1.82) is 0 Å². The van der Waals surface area contributed by atoms with Crippen molar-refractivity contribution in [3.63, 3.8) is 0 Å². The second-order valence-corrected chi connectivity index (χ2v) is 12.2. The Hall–Kier alpha value is -3.80. The highest BCUT2D eigenvalue weighted by atomic mass is 16.6. The van der Waals surface area contributed by atoms with Gasteiger partial charge in [0.2, 0.25) is 11.6 Å². The lowest BCUT2D eigenvalue weighted by Crippen LogP contribution is -2.38. The summed E-state index contributed by atoms with van der Waals surface area (Å²) in [6.45, 7) is 15.7. The molecule has 1 aliphatic rings. The van der Waals surface area contributed by atoms with Crippen molar-refractivity contribution >= 4 is 17.9 Å². The number of rotatable bonds is 6. The Bertz CT molecular complexity index is 1330. The number of hydrazone groups is 1. The van der Waals surface area contributed by atoms with Crippen LogP contribution >= 0.6 is 0 Å². The number of piperidine rings is 1. The number of nitrogen functional groups attached to an aromatic ring is 1. The van der Waals surface area contributed by atoms with E-state index in [1.165, 1.54) is 11.1 Å². The normalized spacial score (nSPS) is 17.2. The van der Waals surface area contributed by atoms with Crippen LogP contribution in [0.15, 0.2) is 21.9 Å². The Morgan fingerprint density at radius 1 is 1.18 bits per heavy atom. The zero-order chi connectivity index (χ0) is 28.5. The summed E-state index contributed by atoms with van der Waals surface area (Å²) < 4.78 is 6.16. The van der Waals surface area contributed by atoms with Crippen molar-refractivity contribution in [2.24, 2.45) is 5.10 Å². The first kappa shape index (κ1) is 28.2. The van der Waals surface area contributed by atoms with Crippen LogP contribution < -0.4 is 11.2 Å². The van der Waals surface area contributed by atoms with E-state index in [0.29, 0.717) is 18.3 Å². The van der Waals surface area contributed by atoms with E-state index in [1.807, 2.05) is 53.7 Å². The zero-order valence-electron chi connectivity index (χ0n) is 23.8. The maximum atomic E-state index is 13.3. The van der Waals surface area contributed by atoms with Crippen LogP contribution in [0.2, 0.25) is 0 Å². The minimum Gasteiger partial charge on any atom is -0.507 e. The van der Waals surface area contributed by atoms with Gasteiger partial charge in [-0.25, -0.2) is 10.1 Å². The molecule has 1 fully saturated rings. The largest absolute Gasteiger partial charge is 0.507 e. The standard InChI is InChI=1S/C27H39N9O3/c1-16-10-8-9-11-35(16)15-20-21(30-34-36(20)24-23(28)32-39-33-24)25(38)31-29-14-17-12-18(26(2,3)4)22(37)19(13-17)27(5,6)7/h12-14,16,37H,8-11,15H2,1-7H3,(H2,28,32)(H,31,38)/b29-14+. The van der Waals surface area contributed by atoms with Crippen LogP contribution in [0.4, 0.5) is 5.82 Å². The summed E-state index contributed by atoms with van der Waals surface area (Å²) in [6, 6.07) is 4.12. The summed E-state index contributed by atoms with van der Waals surface area (Å²) in [5.41, 5.74) is 10.9. The predicted octanol–water partition coefficient (Wildman–Crippen LogP) is 3.67. The van der Waals surface area contributed by atoms with Gasteiger partial charge in [-0.1, -0.05) is 53.2 Å². The highest BCUT2D eigenvalue weighted by Gasteiger charge is 2.29. The minimum absolute atomic E-state index is 0.0504. The molecular formula is C27H39N9O3. The number of nitrogens with one attached hydrogen (secondary N) is 1. The molecule has 210 valence electrons. The number of benzene rings is 1. The van der Waals surface area contributed by atoms with Gasteiger partial charge in [0.25, 0.3) is 5.91 Å².